The number of rotatable bonds is 5. The van der Waals surface area contributed by atoms with Gasteiger partial charge in [-0.25, -0.2) is 4.39 Å². The minimum Gasteiger partial charge on any atom is -0.496 e. The highest BCUT2D eigenvalue weighted by Crippen LogP contribution is 2.39. The highest BCUT2D eigenvalue weighted by atomic mass is 19.1. The second kappa shape index (κ2) is 8.41. The zero-order chi connectivity index (χ0) is 24.0. The number of hydrogen-bond acceptors (Lipinski definition) is 6. The van der Waals surface area contributed by atoms with E-state index >= 15 is 0 Å². The Kier molecular flexibility index (Phi) is 5.90. The van der Waals surface area contributed by atoms with Gasteiger partial charge in [0.2, 0.25) is 0 Å². The van der Waals surface area contributed by atoms with E-state index in [0.29, 0.717) is 17.0 Å². The first kappa shape index (κ1) is 23.2. The van der Waals surface area contributed by atoms with E-state index in [1.54, 1.807) is 23.0 Å². The molecule has 0 atom stereocenters. The van der Waals surface area contributed by atoms with Gasteiger partial charge in [-0.1, -0.05) is 6.07 Å². The van der Waals surface area contributed by atoms with Crippen molar-refractivity contribution in [2.75, 3.05) is 19.1 Å². The van der Waals surface area contributed by atoms with E-state index in [1.165, 1.54) is 13.2 Å². The maximum atomic E-state index is 14.8. The molecule has 1 saturated heterocycles. The molecular weight excluding hydrogens is 419 g/mol. The van der Waals surface area contributed by atoms with Gasteiger partial charge in [-0.15, -0.1) is 10.2 Å². The lowest BCUT2D eigenvalue weighted by Crippen LogP contribution is -2.62. The van der Waals surface area contributed by atoms with Crippen molar-refractivity contribution in [3.63, 3.8) is 0 Å². The number of ether oxygens (including phenoxy) is 1. The average Bonchev–Trinajstić information content (AvgIpc) is 3.16. The fourth-order valence-electron chi connectivity index (χ4n) is 5.18. The first-order valence-electron chi connectivity index (χ1n) is 11.2. The third-order valence-electron chi connectivity index (χ3n) is 6.29. The summed E-state index contributed by atoms with van der Waals surface area (Å²) >= 11 is 0. The Hall–Kier alpha value is -3.00. The monoisotopic (exact) mass is 452 g/mol. The van der Waals surface area contributed by atoms with Crippen LogP contribution in [0.25, 0.3) is 22.4 Å². The van der Waals surface area contributed by atoms with Crippen LogP contribution in [0.1, 0.15) is 40.5 Å². The maximum Gasteiger partial charge on any atom is 0.159 e. The van der Waals surface area contributed by atoms with Crippen molar-refractivity contribution >= 4 is 5.82 Å². The van der Waals surface area contributed by atoms with Crippen LogP contribution in [0.2, 0.25) is 0 Å². The average molecular weight is 453 g/mol. The van der Waals surface area contributed by atoms with E-state index in [-0.39, 0.29) is 17.1 Å². The van der Waals surface area contributed by atoms with Crippen molar-refractivity contribution < 1.29 is 9.13 Å². The quantitative estimate of drug-likeness (QED) is 0.617. The fraction of sp³-hybridized carbons (Fsp3) is 0.480. The Morgan fingerprint density at radius 2 is 1.85 bits per heavy atom. The zero-order valence-corrected chi connectivity index (χ0v) is 20.5. The van der Waals surface area contributed by atoms with Gasteiger partial charge in [0.05, 0.1) is 18.9 Å². The van der Waals surface area contributed by atoms with Crippen molar-refractivity contribution in [3.05, 3.63) is 42.5 Å². The molecule has 1 fully saturated rings. The van der Waals surface area contributed by atoms with Gasteiger partial charge in [0.25, 0.3) is 0 Å². The van der Waals surface area contributed by atoms with Crippen LogP contribution < -0.4 is 15.0 Å². The summed E-state index contributed by atoms with van der Waals surface area (Å²) in [4.78, 5) is 2.21. The standard InChI is InChI=1S/C25H33FN6O/c1-24(2)12-17(13-25(3,4)30-24)32(6)23-18(16-14-27-31(5)15-16)11-20(28-29-23)22-19(26)9-8-10-21(22)33-7/h8-11,14-15,17,30H,12-13H2,1-7H3. The second-order valence-electron chi connectivity index (χ2n) is 10.3. The molecule has 3 heterocycles. The molecule has 4 rings (SSSR count). The van der Waals surface area contributed by atoms with Crippen LogP contribution in [-0.2, 0) is 7.05 Å². The van der Waals surface area contributed by atoms with Gasteiger partial charge in [-0.3, -0.25) is 4.68 Å². The van der Waals surface area contributed by atoms with Crippen molar-refractivity contribution in [1.82, 2.24) is 25.3 Å². The highest BCUT2D eigenvalue weighted by Gasteiger charge is 2.40. The maximum absolute atomic E-state index is 14.8. The van der Waals surface area contributed by atoms with Gasteiger partial charge in [-0.2, -0.15) is 5.10 Å². The van der Waals surface area contributed by atoms with Crippen LogP contribution in [0, 0.1) is 5.82 Å². The Morgan fingerprint density at radius 1 is 1.15 bits per heavy atom. The lowest BCUT2D eigenvalue weighted by Gasteiger charge is -2.49. The van der Waals surface area contributed by atoms with Crippen LogP contribution in [-0.4, -0.2) is 51.3 Å². The third kappa shape index (κ3) is 4.71. The number of nitrogens with one attached hydrogen (secondary N) is 1. The van der Waals surface area contributed by atoms with Crippen LogP contribution >= 0.6 is 0 Å². The SMILES string of the molecule is COc1cccc(F)c1-c1cc(-c2cnn(C)c2)c(N(C)C2CC(C)(C)NC(C)(C)C2)nn1. The zero-order valence-electron chi connectivity index (χ0n) is 20.5. The number of anilines is 1. The molecule has 2 aromatic heterocycles. The van der Waals surface area contributed by atoms with Gasteiger partial charge in [0, 0.05) is 48.5 Å². The van der Waals surface area contributed by atoms with Crippen molar-refractivity contribution in [3.8, 4) is 28.1 Å². The second-order valence-corrected chi connectivity index (χ2v) is 10.3. The number of methoxy groups -OCH3 is 1. The van der Waals surface area contributed by atoms with Crippen LogP contribution in [0.5, 0.6) is 5.75 Å². The number of piperidine rings is 1. The van der Waals surface area contributed by atoms with Gasteiger partial charge in [0.1, 0.15) is 17.3 Å². The molecule has 0 bridgehead atoms. The van der Waals surface area contributed by atoms with E-state index in [9.17, 15) is 4.39 Å². The Balaban J connectivity index is 1.83. The summed E-state index contributed by atoms with van der Waals surface area (Å²) in [5, 5.41) is 17.2. The van der Waals surface area contributed by atoms with Gasteiger partial charge < -0.3 is 15.0 Å². The number of halogens is 1. The minimum absolute atomic E-state index is 0.0109. The van der Waals surface area contributed by atoms with E-state index < -0.39 is 5.82 Å². The molecule has 176 valence electrons. The Labute approximate surface area is 195 Å². The number of benzene rings is 1. The molecular formula is C25H33FN6O. The molecule has 33 heavy (non-hydrogen) atoms. The Morgan fingerprint density at radius 3 is 2.45 bits per heavy atom. The van der Waals surface area contributed by atoms with Crippen molar-refractivity contribution in [2.24, 2.45) is 7.05 Å². The molecule has 7 nitrogen and oxygen atoms in total. The summed E-state index contributed by atoms with van der Waals surface area (Å²) in [5.41, 5.74) is 2.46. The molecule has 0 amide bonds. The van der Waals surface area contributed by atoms with Crippen molar-refractivity contribution in [2.45, 2.75) is 57.7 Å². The predicted octanol–water partition coefficient (Wildman–Crippen LogP) is 4.44. The van der Waals surface area contributed by atoms with E-state index in [2.05, 4.69) is 60.3 Å². The lowest BCUT2D eigenvalue weighted by molar-refractivity contribution is 0.160. The number of hydrogen-bond donors (Lipinski definition) is 1. The normalized spacial score (nSPS) is 17.7. The molecule has 1 aromatic carbocycles. The molecule has 1 N–H and O–H groups in total. The highest BCUT2D eigenvalue weighted by molar-refractivity contribution is 5.80. The number of aromatic nitrogens is 4. The smallest absolute Gasteiger partial charge is 0.159 e. The van der Waals surface area contributed by atoms with Crippen LogP contribution in [0.4, 0.5) is 10.2 Å². The summed E-state index contributed by atoms with van der Waals surface area (Å²) in [6.45, 7) is 8.93. The van der Waals surface area contributed by atoms with E-state index in [1.807, 2.05) is 19.3 Å². The van der Waals surface area contributed by atoms with E-state index in [4.69, 9.17) is 4.74 Å². The van der Waals surface area contributed by atoms with Crippen molar-refractivity contribution in [1.29, 1.82) is 0 Å². The number of nitrogens with zero attached hydrogens (tertiary/aromatic N) is 5. The van der Waals surface area contributed by atoms with Crippen LogP contribution in [0.15, 0.2) is 36.7 Å². The van der Waals surface area contributed by atoms with Gasteiger partial charge in [0.15, 0.2) is 5.82 Å². The molecule has 0 radical (unpaired) electrons. The predicted molar refractivity (Wildman–Crippen MR) is 129 cm³/mol. The molecule has 1 aliphatic heterocycles. The molecule has 0 spiro atoms. The summed E-state index contributed by atoms with van der Waals surface area (Å²) < 4.78 is 22.0. The molecule has 3 aromatic rings. The fourth-order valence-corrected chi connectivity index (χ4v) is 5.18. The largest absolute Gasteiger partial charge is 0.496 e. The van der Waals surface area contributed by atoms with E-state index in [0.717, 1.165) is 29.8 Å². The summed E-state index contributed by atoms with van der Waals surface area (Å²) in [6.07, 6.45) is 5.66. The van der Waals surface area contributed by atoms with Crippen LogP contribution in [0.3, 0.4) is 0 Å². The topological polar surface area (TPSA) is 68.1 Å². The molecule has 1 aliphatic rings. The first-order valence-corrected chi connectivity index (χ1v) is 11.2. The molecule has 0 saturated carbocycles. The summed E-state index contributed by atoms with van der Waals surface area (Å²) in [7, 11) is 5.46. The number of aryl methyl sites for hydroxylation is 1. The minimum atomic E-state index is -0.399. The third-order valence-corrected chi connectivity index (χ3v) is 6.29. The summed E-state index contributed by atoms with van der Waals surface area (Å²) in [5.74, 6) is 0.772. The molecule has 0 unspecified atom stereocenters. The van der Waals surface area contributed by atoms with Gasteiger partial charge in [-0.05, 0) is 58.7 Å². The first-order chi connectivity index (χ1) is 15.5. The molecule has 0 aliphatic carbocycles. The lowest BCUT2D eigenvalue weighted by atomic mass is 9.79. The Bertz CT molecular complexity index is 1140. The molecule has 8 heteroatoms. The van der Waals surface area contributed by atoms with Gasteiger partial charge >= 0.3 is 0 Å². The summed E-state index contributed by atoms with van der Waals surface area (Å²) in [6, 6.07) is 6.89.